The maximum atomic E-state index is 14.8. The Hall–Kier alpha value is -5.15. The predicted molar refractivity (Wildman–Crippen MR) is 168 cm³/mol. The Morgan fingerprint density at radius 1 is 1.04 bits per heavy atom. The normalized spacial score (nSPS) is 15.6. The molecular formula is C35H28ClFN4O4. The van der Waals surface area contributed by atoms with E-state index < -0.39 is 17.6 Å². The van der Waals surface area contributed by atoms with E-state index in [4.69, 9.17) is 26.1 Å². The van der Waals surface area contributed by atoms with Crippen LogP contribution in [0.25, 0.3) is 22.2 Å². The molecule has 1 atom stereocenters. The summed E-state index contributed by atoms with van der Waals surface area (Å²) in [6.07, 6.45) is 4.14. The minimum atomic E-state index is -1.35. The van der Waals surface area contributed by atoms with Crippen molar-refractivity contribution in [2.75, 3.05) is 0 Å². The summed E-state index contributed by atoms with van der Waals surface area (Å²) in [5, 5.41) is 9.92. The number of aromatic carboxylic acids is 1. The second-order valence-electron chi connectivity index (χ2n) is 11.1. The van der Waals surface area contributed by atoms with Crippen LogP contribution < -0.4 is 9.47 Å². The Morgan fingerprint density at radius 3 is 2.62 bits per heavy atom. The lowest BCUT2D eigenvalue weighted by Crippen LogP contribution is -2.32. The van der Waals surface area contributed by atoms with E-state index in [2.05, 4.69) is 21.0 Å². The smallest absolute Gasteiger partial charge is 0.335 e. The molecule has 10 heteroatoms. The van der Waals surface area contributed by atoms with E-state index in [1.54, 1.807) is 49.6 Å². The van der Waals surface area contributed by atoms with Crippen LogP contribution in [0.2, 0.25) is 5.02 Å². The van der Waals surface area contributed by atoms with Crippen LogP contribution in [-0.4, -0.2) is 30.2 Å². The van der Waals surface area contributed by atoms with Crippen molar-refractivity contribution in [3.63, 3.8) is 0 Å². The molecule has 0 bridgehead atoms. The molecular weight excluding hydrogens is 595 g/mol. The summed E-state index contributed by atoms with van der Waals surface area (Å²) in [4.78, 5) is 20.9. The number of aryl methyl sites for hydroxylation is 1. The van der Waals surface area contributed by atoms with Crippen molar-refractivity contribution in [2.24, 2.45) is 0 Å². The fourth-order valence-corrected chi connectivity index (χ4v) is 6.01. The molecule has 226 valence electrons. The van der Waals surface area contributed by atoms with Crippen molar-refractivity contribution >= 4 is 28.6 Å². The van der Waals surface area contributed by atoms with Crippen LogP contribution in [0.5, 0.6) is 11.5 Å². The van der Waals surface area contributed by atoms with Crippen LogP contribution in [0, 0.1) is 5.82 Å². The molecule has 8 nitrogen and oxygen atoms in total. The third kappa shape index (κ3) is 5.19. The third-order valence-corrected chi connectivity index (χ3v) is 8.40. The number of fused-ring (bicyclic) bond motifs is 2. The molecule has 1 N–H and O–H groups in total. The number of aromatic nitrogens is 4. The number of carboxylic acid groups (broad SMARTS) is 1. The van der Waals surface area contributed by atoms with Gasteiger partial charge in [-0.25, -0.2) is 19.2 Å². The first-order valence-electron chi connectivity index (χ1n) is 14.5. The zero-order valence-electron chi connectivity index (χ0n) is 24.5. The fraction of sp³-hybridized carbons (Fsp3) is 0.171. The van der Waals surface area contributed by atoms with Gasteiger partial charge in [-0.3, -0.25) is 0 Å². The highest BCUT2D eigenvalue weighted by Gasteiger charge is 2.42. The number of para-hydroxylation sites is 1. The zero-order chi connectivity index (χ0) is 31.3. The van der Waals surface area contributed by atoms with Gasteiger partial charge in [0, 0.05) is 36.7 Å². The van der Waals surface area contributed by atoms with E-state index in [9.17, 15) is 14.3 Å². The summed E-state index contributed by atoms with van der Waals surface area (Å²) in [7, 11) is 0. The Balaban J connectivity index is 1.20. The zero-order valence-corrected chi connectivity index (χ0v) is 25.3. The first-order valence-corrected chi connectivity index (χ1v) is 14.9. The molecule has 0 aliphatic carbocycles. The van der Waals surface area contributed by atoms with Gasteiger partial charge >= 0.3 is 5.97 Å². The van der Waals surface area contributed by atoms with Gasteiger partial charge in [-0.05, 0) is 60.5 Å². The molecule has 0 radical (unpaired) electrons. The summed E-state index contributed by atoms with van der Waals surface area (Å²) in [5.41, 5.74) is 5.69. The summed E-state index contributed by atoms with van der Waals surface area (Å²) in [5.74, 6) is -0.976. The average molecular weight is 623 g/mol. The largest absolute Gasteiger partial charge is 0.478 e. The summed E-state index contributed by atoms with van der Waals surface area (Å²) in [6.45, 7) is 5.01. The number of halogens is 2. The Bertz CT molecular complexity index is 2090. The number of nitrogens with zero attached hydrogens (tertiary/aromatic N) is 4. The van der Waals surface area contributed by atoms with E-state index in [0.29, 0.717) is 29.5 Å². The lowest BCUT2D eigenvalue weighted by atomic mass is 10.0. The van der Waals surface area contributed by atoms with Gasteiger partial charge in [-0.2, -0.15) is 0 Å². The van der Waals surface area contributed by atoms with Crippen LogP contribution >= 0.6 is 11.6 Å². The molecule has 6 aromatic rings. The maximum absolute atomic E-state index is 14.8. The average Bonchev–Trinajstić information content (AvgIpc) is 3.72. The van der Waals surface area contributed by atoms with Crippen LogP contribution in [0.4, 0.5) is 4.39 Å². The Morgan fingerprint density at radius 2 is 1.87 bits per heavy atom. The minimum Gasteiger partial charge on any atom is -0.478 e. The monoisotopic (exact) mass is 622 g/mol. The van der Waals surface area contributed by atoms with Crippen molar-refractivity contribution in [1.29, 1.82) is 0 Å². The van der Waals surface area contributed by atoms with Gasteiger partial charge in [0.15, 0.2) is 11.5 Å². The van der Waals surface area contributed by atoms with E-state index in [-0.39, 0.29) is 11.1 Å². The van der Waals surface area contributed by atoms with Crippen molar-refractivity contribution in [3.05, 3.63) is 130 Å². The number of carbonyl (C=O) groups is 1. The molecule has 7 rings (SSSR count). The number of hydrogen-bond donors (Lipinski definition) is 1. The third-order valence-electron chi connectivity index (χ3n) is 8.16. The summed E-state index contributed by atoms with van der Waals surface area (Å²) < 4.78 is 31.4. The van der Waals surface area contributed by atoms with E-state index in [1.807, 2.05) is 42.6 Å². The van der Waals surface area contributed by atoms with Gasteiger partial charge in [0.25, 0.3) is 5.79 Å². The van der Waals surface area contributed by atoms with Crippen molar-refractivity contribution in [3.8, 4) is 22.6 Å². The summed E-state index contributed by atoms with van der Waals surface area (Å²) >= 11 is 5.97. The number of benzene rings is 4. The highest BCUT2D eigenvalue weighted by Crippen LogP contribution is 2.49. The fourth-order valence-electron chi connectivity index (χ4n) is 5.85. The number of ether oxygens (including phenoxy) is 2. The quantitative estimate of drug-likeness (QED) is 0.187. The van der Waals surface area contributed by atoms with E-state index in [1.165, 1.54) is 6.07 Å². The molecule has 1 aliphatic rings. The number of imidazole rings is 2. The highest BCUT2D eigenvalue weighted by molar-refractivity contribution is 6.30. The number of hydrogen-bond acceptors (Lipinski definition) is 5. The van der Waals surface area contributed by atoms with E-state index >= 15 is 0 Å². The minimum absolute atomic E-state index is 0.208. The van der Waals surface area contributed by atoms with Crippen LogP contribution in [-0.2, 0) is 25.3 Å². The lowest BCUT2D eigenvalue weighted by Gasteiger charge is -2.24. The first-order chi connectivity index (χ1) is 21.7. The lowest BCUT2D eigenvalue weighted by molar-refractivity contribution is -0.0705. The predicted octanol–water partition coefficient (Wildman–Crippen LogP) is 7.69. The highest BCUT2D eigenvalue weighted by atomic mass is 35.5. The van der Waals surface area contributed by atoms with E-state index in [0.717, 1.165) is 45.8 Å². The maximum Gasteiger partial charge on any atom is 0.335 e. The van der Waals surface area contributed by atoms with Gasteiger partial charge in [-0.1, -0.05) is 48.0 Å². The standard InChI is InChI=1S/C35H28ClFN4O4/c1-3-40-20-38-18-25(40)19-41-30-16-23(34(42)43)11-14-29(30)39-32(41)15-21-7-9-22(10-8-21)26-5-4-6-31-33(26)45-35(2,44-31)27-13-12-24(36)17-28(27)37/h4-14,16-18,20H,3,15,19H2,1-2H3,(H,42,43). The number of rotatable bonds is 8. The molecule has 0 saturated heterocycles. The van der Waals surface area contributed by atoms with Gasteiger partial charge in [0.05, 0.1) is 40.7 Å². The van der Waals surface area contributed by atoms with Gasteiger partial charge < -0.3 is 23.7 Å². The SMILES string of the molecule is CCn1cncc1Cn1c(Cc2ccc(-c3cccc4c3OC(C)(c3ccc(Cl)cc3F)O4)cc2)nc2ccc(C(=O)O)cc21. The molecule has 1 aliphatic heterocycles. The molecule has 45 heavy (non-hydrogen) atoms. The van der Waals surface area contributed by atoms with Crippen LogP contribution in [0.1, 0.15) is 46.9 Å². The van der Waals surface area contributed by atoms with Gasteiger partial charge in [-0.15, -0.1) is 0 Å². The molecule has 1 unspecified atom stereocenters. The topological polar surface area (TPSA) is 91.4 Å². The second kappa shape index (κ2) is 11.1. The molecule has 0 amide bonds. The molecule has 0 saturated carbocycles. The molecule has 4 aromatic carbocycles. The number of carboxylic acids is 1. The summed E-state index contributed by atoms with van der Waals surface area (Å²) in [6, 6.07) is 23.1. The van der Waals surface area contributed by atoms with Crippen molar-refractivity contribution < 1.29 is 23.8 Å². The van der Waals surface area contributed by atoms with Crippen LogP contribution in [0.15, 0.2) is 91.4 Å². The van der Waals surface area contributed by atoms with Crippen LogP contribution in [0.3, 0.4) is 0 Å². The molecule has 0 fully saturated rings. The first kappa shape index (κ1) is 28.6. The van der Waals surface area contributed by atoms with Gasteiger partial charge in [0.2, 0.25) is 0 Å². The molecule has 3 heterocycles. The Kier molecular flexibility index (Phi) is 7.05. The molecule has 0 spiro atoms. The van der Waals surface area contributed by atoms with Gasteiger partial charge in [0.1, 0.15) is 11.6 Å². The second-order valence-corrected chi connectivity index (χ2v) is 11.5. The van der Waals surface area contributed by atoms with Crippen molar-refractivity contribution in [1.82, 2.24) is 19.1 Å². The van der Waals surface area contributed by atoms with Crippen molar-refractivity contribution in [2.45, 2.75) is 39.1 Å². The Labute approximate surface area is 263 Å². The molecule has 2 aromatic heterocycles.